The number of benzene rings is 1. The van der Waals surface area contributed by atoms with E-state index < -0.39 is 0 Å². The Morgan fingerprint density at radius 1 is 1.38 bits per heavy atom. The van der Waals surface area contributed by atoms with Gasteiger partial charge in [-0.3, -0.25) is 0 Å². The number of rotatable bonds is 7. The van der Waals surface area contributed by atoms with Gasteiger partial charge in [0, 0.05) is 13.2 Å². The lowest BCUT2D eigenvalue weighted by atomic mass is 10.2. The summed E-state index contributed by atoms with van der Waals surface area (Å²) in [5.74, 6) is 0.859. The third-order valence-corrected chi connectivity index (χ3v) is 2.81. The normalized spacial score (nSPS) is 10.4. The molecule has 0 spiro atoms. The van der Waals surface area contributed by atoms with Crippen LogP contribution in [0.25, 0.3) is 0 Å². The van der Waals surface area contributed by atoms with Gasteiger partial charge in [-0.15, -0.1) is 0 Å². The van der Waals surface area contributed by atoms with Crippen molar-refractivity contribution in [1.29, 1.82) is 0 Å². The molecule has 0 aromatic heterocycles. The predicted molar refractivity (Wildman–Crippen MR) is 68.7 cm³/mol. The first-order valence-electron chi connectivity index (χ1n) is 5.44. The molecular formula is C12H18BrNO2. The first-order chi connectivity index (χ1) is 7.77. The number of hydrogen-bond acceptors (Lipinski definition) is 3. The summed E-state index contributed by atoms with van der Waals surface area (Å²) in [6, 6.07) is 6.07. The molecule has 0 aliphatic rings. The van der Waals surface area contributed by atoms with Crippen LogP contribution in [0.15, 0.2) is 22.7 Å². The fraction of sp³-hybridized carbons (Fsp3) is 0.500. The van der Waals surface area contributed by atoms with Gasteiger partial charge in [0.1, 0.15) is 5.75 Å². The van der Waals surface area contributed by atoms with Crippen LogP contribution in [0.5, 0.6) is 5.75 Å². The lowest BCUT2D eigenvalue weighted by molar-refractivity contribution is 0.252. The lowest BCUT2D eigenvalue weighted by Crippen LogP contribution is -2.05. The highest BCUT2D eigenvalue weighted by molar-refractivity contribution is 9.10. The second kappa shape index (κ2) is 7.65. The Hall–Kier alpha value is -0.580. The number of hydrogen-bond donors (Lipinski definition) is 2. The first kappa shape index (κ1) is 13.5. The summed E-state index contributed by atoms with van der Waals surface area (Å²) < 4.78 is 6.57. The molecule has 1 aromatic carbocycles. The fourth-order valence-corrected chi connectivity index (χ4v) is 1.91. The monoisotopic (exact) mass is 287 g/mol. The van der Waals surface area contributed by atoms with Gasteiger partial charge in [0.05, 0.1) is 11.1 Å². The number of aliphatic hydroxyl groups excluding tert-OH is 1. The van der Waals surface area contributed by atoms with Crippen LogP contribution in [0.3, 0.4) is 0 Å². The van der Waals surface area contributed by atoms with E-state index in [1.807, 2.05) is 19.2 Å². The van der Waals surface area contributed by atoms with Crippen molar-refractivity contribution >= 4 is 15.9 Å². The summed E-state index contributed by atoms with van der Waals surface area (Å²) in [4.78, 5) is 0. The minimum atomic E-state index is 0.228. The predicted octanol–water partition coefficient (Wildman–Crippen LogP) is 2.32. The van der Waals surface area contributed by atoms with E-state index in [-0.39, 0.29) is 6.61 Å². The minimum absolute atomic E-state index is 0.228. The Kier molecular flexibility index (Phi) is 6.45. The van der Waals surface area contributed by atoms with Crippen molar-refractivity contribution in [3.63, 3.8) is 0 Å². The van der Waals surface area contributed by atoms with Crippen molar-refractivity contribution in [3.05, 3.63) is 28.2 Å². The molecule has 0 saturated heterocycles. The number of unbranched alkanes of at least 4 members (excludes halogenated alkanes) is 1. The molecule has 0 amide bonds. The Balaban J connectivity index is 2.47. The van der Waals surface area contributed by atoms with Gasteiger partial charge < -0.3 is 15.2 Å². The van der Waals surface area contributed by atoms with Crippen LogP contribution in [-0.2, 0) is 6.54 Å². The van der Waals surface area contributed by atoms with Crippen molar-refractivity contribution in [2.75, 3.05) is 20.3 Å². The van der Waals surface area contributed by atoms with Crippen molar-refractivity contribution < 1.29 is 9.84 Å². The van der Waals surface area contributed by atoms with Crippen LogP contribution in [0, 0.1) is 0 Å². The standard InChI is InChI=1S/C12H18BrNO2/c1-14-9-10-4-5-12(11(13)8-10)16-7-3-2-6-15/h4-5,8,14-15H,2-3,6-7,9H2,1H3. The summed E-state index contributed by atoms with van der Waals surface area (Å²) in [7, 11) is 1.92. The molecule has 0 heterocycles. The molecule has 0 unspecified atom stereocenters. The number of nitrogens with one attached hydrogen (secondary N) is 1. The average Bonchev–Trinajstić information content (AvgIpc) is 2.27. The largest absolute Gasteiger partial charge is 0.492 e. The number of ether oxygens (including phenoxy) is 1. The zero-order chi connectivity index (χ0) is 11.8. The third kappa shape index (κ3) is 4.51. The zero-order valence-corrected chi connectivity index (χ0v) is 11.1. The molecule has 3 nitrogen and oxygen atoms in total. The van der Waals surface area contributed by atoms with E-state index in [0.29, 0.717) is 6.61 Å². The Morgan fingerprint density at radius 2 is 2.19 bits per heavy atom. The maximum atomic E-state index is 8.64. The molecule has 0 atom stereocenters. The first-order valence-corrected chi connectivity index (χ1v) is 6.24. The van der Waals surface area contributed by atoms with E-state index in [9.17, 15) is 0 Å². The summed E-state index contributed by atoms with van der Waals surface area (Å²) in [5.41, 5.74) is 1.22. The molecular weight excluding hydrogens is 270 g/mol. The quantitative estimate of drug-likeness (QED) is 0.757. The van der Waals surface area contributed by atoms with Gasteiger partial charge in [0.2, 0.25) is 0 Å². The molecule has 0 aliphatic heterocycles. The van der Waals surface area contributed by atoms with Crippen molar-refractivity contribution in [3.8, 4) is 5.75 Å². The Morgan fingerprint density at radius 3 is 2.81 bits per heavy atom. The third-order valence-electron chi connectivity index (χ3n) is 2.19. The summed E-state index contributed by atoms with van der Waals surface area (Å²) in [6.07, 6.45) is 1.66. The molecule has 1 rings (SSSR count). The van der Waals surface area contributed by atoms with Crippen LogP contribution < -0.4 is 10.1 Å². The minimum Gasteiger partial charge on any atom is -0.492 e. The molecule has 0 saturated carbocycles. The van der Waals surface area contributed by atoms with Crippen LogP contribution >= 0.6 is 15.9 Å². The van der Waals surface area contributed by atoms with E-state index in [0.717, 1.165) is 29.6 Å². The summed E-state index contributed by atoms with van der Waals surface area (Å²) >= 11 is 3.48. The van der Waals surface area contributed by atoms with Gasteiger partial charge in [-0.25, -0.2) is 0 Å². The fourth-order valence-electron chi connectivity index (χ4n) is 1.37. The van der Waals surface area contributed by atoms with Crippen molar-refractivity contribution in [1.82, 2.24) is 5.32 Å². The van der Waals surface area contributed by atoms with Crippen molar-refractivity contribution in [2.24, 2.45) is 0 Å². The molecule has 0 bridgehead atoms. The van der Waals surface area contributed by atoms with Gasteiger partial charge in [-0.1, -0.05) is 6.07 Å². The molecule has 4 heteroatoms. The van der Waals surface area contributed by atoms with E-state index in [2.05, 4.69) is 27.3 Å². The smallest absolute Gasteiger partial charge is 0.133 e. The molecule has 0 radical (unpaired) electrons. The van der Waals surface area contributed by atoms with Gasteiger partial charge in [0.25, 0.3) is 0 Å². The molecule has 2 N–H and O–H groups in total. The van der Waals surface area contributed by atoms with Crippen LogP contribution in [-0.4, -0.2) is 25.4 Å². The van der Waals surface area contributed by atoms with Gasteiger partial charge in [0.15, 0.2) is 0 Å². The molecule has 16 heavy (non-hydrogen) atoms. The lowest BCUT2D eigenvalue weighted by Gasteiger charge is -2.09. The van der Waals surface area contributed by atoms with Crippen LogP contribution in [0.1, 0.15) is 18.4 Å². The number of aliphatic hydroxyl groups is 1. The topological polar surface area (TPSA) is 41.5 Å². The Bertz CT molecular complexity index is 318. The van der Waals surface area contributed by atoms with Gasteiger partial charge in [-0.05, 0) is 53.5 Å². The summed E-state index contributed by atoms with van der Waals surface area (Å²) in [5, 5.41) is 11.7. The van der Waals surface area contributed by atoms with Crippen molar-refractivity contribution in [2.45, 2.75) is 19.4 Å². The van der Waals surface area contributed by atoms with E-state index in [1.54, 1.807) is 0 Å². The van der Waals surface area contributed by atoms with Crippen LogP contribution in [0.2, 0.25) is 0 Å². The molecule has 0 aliphatic carbocycles. The highest BCUT2D eigenvalue weighted by atomic mass is 79.9. The van der Waals surface area contributed by atoms with Gasteiger partial charge in [-0.2, -0.15) is 0 Å². The number of halogens is 1. The molecule has 0 fully saturated rings. The maximum absolute atomic E-state index is 8.64. The average molecular weight is 288 g/mol. The SMILES string of the molecule is CNCc1ccc(OCCCCO)c(Br)c1. The molecule has 90 valence electrons. The Labute approximate surface area is 105 Å². The van der Waals surface area contributed by atoms with Gasteiger partial charge >= 0.3 is 0 Å². The van der Waals surface area contributed by atoms with Crippen LogP contribution in [0.4, 0.5) is 0 Å². The second-order valence-electron chi connectivity index (χ2n) is 3.57. The van der Waals surface area contributed by atoms with E-state index >= 15 is 0 Å². The highest BCUT2D eigenvalue weighted by Crippen LogP contribution is 2.26. The van der Waals surface area contributed by atoms with E-state index in [4.69, 9.17) is 9.84 Å². The summed E-state index contributed by atoms with van der Waals surface area (Å²) in [6.45, 7) is 1.72. The second-order valence-corrected chi connectivity index (χ2v) is 4.43. The van der Waals surface area contributed by atoms with E-state index in [1.165, 1.54) is 5.56 Å². The molecule has 1 aromatic rings. The highest BCUT2D eigenvalue weighted by Gasteiger charge is 2.02. The zero-order valence-electron chi connectivity index (χ0n) is 9.50. The maximum Gasteiger partial charge on any atom is 0.133 e.